The second kappa shape index (κ2) is 5.28. The lowest BCUT2D eigenvalue weighted by Crippen LogP contribution is -2.44. The van der Waals surface area contributed by atoms with Crippen LogP contribution >= 0.6 is 11.6 Å². The molecule has 0 spiro atoms. The van der Waals surface area contributed by atoms with Crippen molar-refractivity contribution in [2.24, 2.45) is 0 Å². The van der Waals surface area contributed by atoms with E-state index in [4.69, 9.17) is 11.6 Å². The van der Waals surface area contributed by atoms with Crippen LogP contribution in [0.1, 0.15) is 20.8 Å². The Kier molecular flexibility index (Phi) is 3.92. The maximum absolute atomic E-state index is 6.25. The quantitative estimate of drug-likeness (QED) is 0.857. The highest BCUT2D eigenvalue weighted by molar-refractivity contribution is 6.33. The SMILES string of the molecule is CC(C)(C)Nc1c(Cl)cnnc1N1CCNCC1. The second-order valence-electron chi connectivity index (χ2n) is 5.50. The van der Waals surface area contributed by atoms with E-state index in [1.165, 1.54) is 0 Å². The summed E-state index contributed by atoms with van der Waals surface area (Å²) in [5, 5.41) is 15.6. The van der Waals surface area contributed by atoms with Crippen LogP contribution in [0.25, 0.3) is 0 Å². The van der Waals surface area contributed by atoms with E-state index in [1.807, 2.05) is 0 Å². The average molecular weight is 270 g/mol. The van der Waals surface area contributed by atoms with Crippen molar-refractivity contribution >= 4 is 23.1 Å². The molecule has 1 saturated heterocycles. The third-order valence-corrected chi connectivity index (χ3v) is 2.99. The summed E-state index contributed by atoms with van der Waals surface area (Å²) >= 11 is 6.25. The van der Waals surface area contributed by atoms with E-state index in [0.717, 1.165) is 37.7 Å². The van der Waals surface area contributed by atoms with Gasteiger partial charge in [0.25, 0.3) is 0 Å². The predicted molar refractivity (Wildman–Crippen MR) is 75.5 cm³/mol. The highest BCUT2D eigenvalue weighted by atomic mass is 35.5. The molecule has 5 nitrogen and oxygen atoms in total. The van der Waals surface area contributed by atoms with Crippen LogP contribution in [0.2, 0.25) is 5.02 Å². The van der Waals surface area contributed by atoms with Gasteiger partial charge >= 0.3 is 0 Å². The van der Waals surface area contributed by atoms with Crippen LogP contribution in [0.5, 0.6) is 0 Å². The Morgan fingerprint density at radius 2 is 2.00 bits per heavy atom. The fourth-order valence-corrected chi connectivity index (χ4v) is 2.12. The van der Waals surface area contributed by atoms with Crippen LogP contribution in [-0.2, 0) is 0 Å². The molecule has 1 aliphatic rings. The van der Waals surface area contributed by atoms with E-state index in [9.17, 15) is 0 Å². The summed E-state index contributed by atoms with van der Waals surface area (Å²) in [7, 11) is 0. The summed E-state index contributed by atoms with van der Waals surface area (Å²) < 4.78 is 0. The van der Waals surface area contributed by atoms with Gasteiger partial charge in [-0.2, -0.15) is 5.10 Å². The van der Waals surface area contributed by atoms with E-state index in [2.05, 4.69) is 46.5 Å². The minimum Gasteiger partial charge on any atom is -0.376 e. The van der Waals surface area contributed by atoms with Crippen molar-refractivity contribution in [1.29, 1.82) is 0 Å². The Balaban J connectivity index is 2.30. The molecule has 0 aromatic carbocycles. The fraction of sp³-hybridized carbons (Fsp3) is 0.667. The summed E-state index contributed by atoms with van der Waals surface area (Å²) in [6, 6.07) is 0. The smallest absolute Gasteiger partial charge is 0.176 e. The Bertz CT molecular complexity index is 409. The zero-order chi connectivity index (χ0) is 13.2. The molecule has 2 heterocycles. The molecule has 0 aliphatic carbocycles. The molecular weight excluding hydrogens is 250 g/mol. The standard InChI is InChI=1S/C12H20ClN5/c1-12(2,3)16-10-9(13)8-15-17-11(10)18-6-4-14-5-7-18/h8,14H,4-7H2,1-3H3,(H,15,16). The van der Waals surface area contributed by atoms with Crippen molar-refractivity contribution in [3.63, 3.8) is 0 Å². The number of nitrogens with zero attached hydrogens (tertiary/aromatic N) is 3. The maximum atomic E-state index is 6.25. The lowest BCUT2D eigenvalue weighted by Gasteiger charge is -2.32. The molecular formula is C12H20ClN5. The molecule has 6 heteroatoms. The maximum Gasteiger partial charge on any atom is 0.176 e. The van der Waals surface area contributed by atoms with Gasteiger partial charge in [-0.05, 0) is 20.8 Å². The summed E-state index contributed by atoms with van der Waals surface area (Å²) in [5.74, 6) is 0.846. The summed E-state index contributed by atoms with van der Waals surface area (Å²) in [6.45, 7) is 10.1. The molecule has 0 bridgehead atoms. The van der Waals surface area contributed by atoms with Crippen molar-refractivity contribution in [2.75, 3.05) is 36.4 Å². The predicted octanol–water partition coefficient (Wildman–Crippen LogP) is 1.75. The van der Waals surface area contributed by atoms with E-state index < -0.39 is 0 Å². The van der Waals surface area contributed by atoms with Gasteiger partial charge in [-0.15, -0.1) is 5.10 Å². The Morgan fingerprint density at radius 1 is 1.33 bits per heavy atom. The van der Waals surface area contributed by atoms with Crippen molar-refractivity contribution in [1.82, 2.24) is 15.5 Å². The molecule has 0 unspecified atom stereocenters. The van der Waals surface area contributed by atoms with Crippen LogP contribution in [0.3, 0.4) is 0 Å². The summed E-state index contributed by atoms with van der Waals surface area (Å²) in [5.41, 5.74) is 0.816. The van der Waals surface area contributed by atoms with Crippen molar-refractivity contribution < 1.29 is 0 Å². The first-order valence-corrected chi connectivity index (χ1v) is 6.60. The van der Waals surface area contributed by atoms with E-state index in [0.29, 0.717) is 5.02 Å². The van der Waals surface area contributed by atoms with Crippen molar-refractivity contribution in [3.8, 4) is 0 Å². The number of piperazine rings is 1. The third-order valence-electron chi connectivity index (χ3n) is 2.70. The van der Waals surface area contributed by atoms with Crippen molar-refractivity contribution in [3.05, 3.63) is 11.2 Å². The number of anilines is 2. The molecule has 1 fully saturated rings. The Hall–Kier alpha value is -1.07. The fourth-order valence-electron chi connectivity index (χ4n) is 1.94. The number of hydrogen-bond donors (Lipinski definition) is 2. The molecule has 100 valence electrons. The first-order chi connectivity index (χ1) is 8.47. The normalized spacial score (nSPS) is 16.8. The van der Waals surface area contributed by atoms with E-state index in [-0.39, 0.29) is 5.54 Å². The molecule has 1 aliphatic heterocycles. The molecule has 2 rings (SSSR count). The van der Waals surface area contributed by atoms with Crippen LogP contribution in [0.4, 0.5) is 11.5 Å². The Morgan fingerprint density at radius 3 is 2.61 bits per heavy atom. The highest BCUT2D eigenvalue weighted by Gasteiger charge is 2.21. The minimum atomic E-state index is -0.0601. The van der Waals surface area contributed by atoms with Crippen molar-refractivity contribution in [2.45, 2.75) is 26.3 Å². The van der Waals surface area contributed by atoms with E-state index >= 15 is 0 Å². The van der Waals surface area contributed by atoms with Gasteiger partial charge in [-0.3, -0.25) is 0 Å². The lowest BCUT2D eigenvalue weighted by molar-refractivity contribution is 0.580. The van der Waals surface area contributed by atoms with Gasteiger partial charge in [0.1, 0.15) is 5.69 Å². The molecule has 0 amide bonds. The van der Waals surface area contributed by atoms with Crippen LogP contribution in [0.15, 0.2) is 6.20 Å². The minimum absolute atomic E-state index is 0.0601. The van der Waals surface area contributed by atoms with Gasteiger partial charge < -0.3 is 15.5 Å². The first kappa shape index (κ1) is 13.4. The number of aromatic nitrogens is 2. The number of rotatable bonds is 2. The zero-order valence-corrected chi connectivity index (χ0v) is 11.9. The molecule has 18 heavy (non-hydrogen) atoms. The van der Waals surface area contributed by atoms with E-state index in [1.54, 1.807) is 6.20 Å². The summed E-state index contributed by atoms with van der Waals surface area (Å²) in [4.78, 5) is 2.21. The number of nitrogens with one attached hydrogen (secondary N) is 2. The van der Waals surface area contributed by atoms with Crippen LogP contribution in [-0.4, -0.2) is 41.9 Å². The van der Waals surface area contributed by atoms with Gasteiger partial charge in [0.15, 0.2) is 5.82 Å². The lowest BCUT2D eigenvalue weighted by atomic mass is 10.1. The number of halogens is 1. The first-order valence-electron chi connectivity index (χ1n) is 6.22. The molecule has 0 radical (unpaired) electrons. The topological polar surface area (TPSA) is 53.1 Å². The van der Waals surface area contributed by atoms with Gasteiger partial charge in [0.05, 0.1) is 11.2 Å². The average Bonchev–Trinajstić information content (AvgIpc) is 2.31. The molecule has 1 aromatic rings. The zero-order valence-electron chi connectivity index (χ0n) is 11.1. The van der Waals surface area contributed by atoms with Gasteiger partial charge in [0, 0.05) is 31.7 Å². The third kappa shape index (κ3) is 3.23. The van der Waals surface area contributed by atoms with Gasteiger partial charge in [-0.25, -0.2) is 0 Å². The molecule has 0 saturated carbocycles. The largest absolute Gasteiger partial charge is 0.376 e. The Labute approximate surface area is 113 Å². The molecule has 1 aromatic heterocycles. The monoisotopic (exact) mass is 269 g/mol. The molecule has 0 atom stereocenters. The van der Waals surface area contributed by atoms with Crippen LogP contribution in [0, 0.1) is 0 Å². The van der Waals surface area contributed by atoms with Gasteiger partial charge in [-0.1, -0.05) is 11.6 Å². The number of hydrogen-bond acceptors (Lipinski definition) is 5. The van der Waals surface area contributed by atoms with Gasteiger partial charge in [0.2, 0.25) is 0 Å². The summed E-state index contributed by atoms with van der Waals surface area (Å²) in [6.07, 6.45) is 1.58. The highest BCUT2D eigenvalue weighted by Crippen LogP contribution is 2.32. The second-order valence-corrected chi connectivity index (χ2v) is 5.91. The van der Waals surface area contributed by atoms with Crippen LogP contribution < -0.4 is 15.5 Å². The molecule has 2 N–H and O–H groups in total.